The van der Waals surface area contributed by atoms with E-state index >= 15 is 0 Å². The van der Waals surface area contributed by atoms with E-state index in [4.69, 9.17) is 9.47 Å². The van der Waals surface area contributed by atoms with Crippen molar-refractivity contribution in [1.29, 1.82) is 0 Å². The van der Waals surface area contributed by atoms with Gasteiger partial charge in [-0.25, -0.2) is 4.39 Å². The van der Waals surface area contributed by atoms with E-state index in [9.17, 15) is 14.0 Å². The van der Waals surface area contributed by atoms with Crippen molar-refractivity contribution in [3.8, 4) is 17.2 Å². The summed E-state index contributed by atoms with van der Waals surface area (Å²) in [6.07, 6.45) is 0. The third-order valence-electron chi connectivity index (χ3n) is 4.00. The summed E-state index contributed by atoms with van der Waals surface area (Å²) < 4.78 is 24.3. The van der Waals surface area contributed by atoms with Gasteiger partial charge >= 0.3 is 0 Å². The van der Waals surface area contributed by atoms with Crippen LogP contribution in [0.2, 0.25) is 0 Å². The zero-order valence-corrected chi connectivity index (χ0v) is 16.4. The van der Waals surface area contributed by atoms with Crippen molar-refractivity contribution in [3.63, 3.8) is 0 Å². The Bertz CT molecular complexity index is 1000. The van der Waals surface area contributed by atoms with Gasteiger partial charge in [0.2, 0.25) is 5.91 Å². The minimum atomic E-state index is -0.524. The van der Waals surface area contributed by atoms with E-state index in [1.54, 1.807) is 24.3 Å². The van der Waals surface area contributed by atoms with Crippen LogP contribution >= 0.6 is 0 Å². The van der Waals surface area contributed by atoms with Crippen LogP contribution in [0.15, 0.2) is 72.8 Å². The largest absolute Gasteiger partial charge is 0.494 e. The molecule has 7 heteroatoms. The number of ether oxygens (including phenoxy) is 2. The van der Waals surface area contributed by atoms with Crippen LogP contribution in [-0.2, 0) is 4.79 Å². The van der Waals surface area contributed by atoms with Gasteiger partial charge in [0.25, 0.3) is 5.91 Å². The molecule has 154 valence electrons. The van der Waals surface area contributed by atoms with Crippen LogP contribution in [-0.4, -0.2) is 25.0 Å². The SMILES string of the molecule is CCOc1ccc(Oc2ccc(NC(=O)CNC(=O)c3cccc(F)c3)cc2)cc1. The number of amides is 2. The first kappa shape index (κ1) is 20.9. The van der Waals surface area contributed by atoms with Gasteiger partial charge < -0.3 is 20.1 Å². The molecule has 2 N–H and O–H groups in total. The van der Waals surface area contributed by atoms with Gasteiger partial charge in [-0.05, 0) is 73.7 Å². The van der Waals surface area contributed by atoms with Crippen molar-refractivity contribution in [2.24, 2.45) is 0 Å². The van der Waals surface area contributed by atoms with Gasteiger partial charge in [-0.2, -0.15) is 0 Å². The number of carbonyl (C=O) groups is 2. The zero-order chi connectivity index (χ0) is 21.3. The Morgan fingerprint density at radius 1 is 0.900 bits per heavy atom. The molecule has 0 saturated heterocycles. The Labute approximate surface area is 173 Å². The Morgan fingerprint density at radius 3 is 2.17 bits per heavy atom. The predicted octanol–water partition coefficient (Wildman–Crippen LogP) is 4.39. The Hall–Kier alpha value is -3.87. The van der Waals surface area contributed by atoms with E-state index in [1.165, 1.54) is 18.2 Å². The number of benzene rings is 3. The van der Waals surface area contributed by atoms with Crippen LogP contribution in [0, 0.1) is 5.82 Å². The summed E-state index contributed by atoms with van der Waals surface area (Å²) >= 11 is 0. The van der Waals surface area contributed by atoms with Gasteiger partial charge in [-0.3, -0.25) is 9.59 Å². The monoisotopic (exact) mass is 408 g/mol. The Kier molecular flexibility index (Phi) is 7.00. The van der Waals surface area contributed by atoms with E-state index in [0.29, 0.717) is 23.8 Å². The minimum absolute atomic E-state index is 0.151. The number of hydrogen-bond donors (Lipinski definition) is 2. The summed E-state index contributed by atoms with van der Waals surface area (Å²) in [5.41, 5.74) is 0.706. The first-order valence-corrected chi connectivity index (χ1v) is 9.38. The van der Waals surface area contributed by atoms with Crippen LogP contribution in [0.4, 0.5) is 10.1 Å². The van der Waals surface area contributed by atoms with Crippen LogP contribution < -0.4 is 20.1 Å². The van der Waals surface area contributed by atoms with E-state index in [1.807, 2.05) is 31.2 Å². The molecule has 0 radical (unpaired) electrons. The number of halogens is 1. The fourth-order valence-corrected chi connectivity index (χ4v) is 2.61. The lowest BCUT2D eigenvalue weighted by molar-refractivity contribution is -0.115. The normalized spacial score (nSPS) is 10.2. The van der Waals surface area contributed by atoms with Crippen molar-refractivity contribution >= 4 is 17.5 Å². The lowest BCUT2D eigenvalue weighted by atomic mass is 10.2. The van der Waals surface area contributed by atoms with Gasteiger partial charge in [0.05, 0.1) is 13.2 Å². The molecule has 0 bridgehead atoms. The summed E-state index contributed by atoms with van der Waals surface area (Å²) in [7, 11) is 0. The maximum atomic E-state index is 13.2. The summed E-state index contributed by atoms with van der Waals surface area (Å²) in [4.78, 5) is 24.0. The van der Waals surface area contributed by atoms with E-state index in [-0.39, 0.29) is 12.1 Å². The molecular formula is C23H21FN2O4. The molecule has 0 spiro atoms. The van der Waals surface area contributed by atoms with Crippen LogP contribution in [0.25, 0.3) is 0 Å². The van der Waals surface area contributed by atoms with Gasteiger partial charge in [-0.15, -0.1) is 0 Å². The molecule has 0 heterocycles. The second kappa shape index (κ2) is 10.1. The maximum Gasteiger partial charge on any atom is 0.251 e. The first-order chi connectivity index (χ1) is 14.5. The molecule has 30 heavy (non-hydrogen) atoms. The smallest absolute Gasteiger partial charge is 0.251 e. The molecule has 0 aliphatic rings. The topological polar surface area (TPSA) is 76.7 Å². The number of hydrogen-bond acceptors (Lipinski definition) is 4. The highest BCUT2D eigenvalue weighted by Crippen LogP contribution is 2.25. The van der Waals surface area contributed by atoms with Crippen molar-refractivity contribution in [1.82, 2.24) is 5.32 Å². The summed E-state index contributed by atoms with van der Waals surface area (Å²) in [6, 6.07) is 19.3. The number of rotatable bonds is 8. The van der Waals surface area contributed by atoms with Crippen molar-refractivity contribution in [2.75, 3.05) is 18.5 Å². The highest BCUT2D eigenvalue weighted by atomic mass is 19.1. The van der Waals surface area contributed by atoms with Gasteiger partial charge in [0.15, 0.2) is 0 Å². The lowest BCUT2D eigenvalue weighted by Crippen LogP contribution is -2.32. The van der Waals surface area contributed by atoms with Crippen LogP contribution in [0.3, 0.4) is 0 Å². The fourth-order valence-electron chi connectivity index (χ4n) is 2.61. The second-order valence-corrected chi connectivity index (χ2v) is 6.27. The Morgan fingerprint density at radius 2 is 1.53 bits per heavy atom. The summed E-state index contributed by atoms with van der Waals surface area (Å²) in [6.45, 7) is 2.28. The van der Waals surface area contributed by atoms with Crippen molar-refractivity contribution in [3.05, 3.63) is 84.2 Å². The molecule has 0 aliphatic heterocycles. The summed E-state index contributed by atoms with van der Waals surface area (Å²) in [5.74, 6) is 0.600. The molecule has 0 aromatic heterocycles. The third kappa shape index (κ3) is 6.07. The average Bonchev–Trinajstić information content (AvgIpc) is 2.75. The molecular weight excluding hydrogens is 387 g/mol. The standard InChI is InChI=1S/C23H21FN2O4/c1-2-29-19-10-12-21(13-11-19)30-20-8-6-18(7-9-20)26-22(27)15-25-23(28)16-4-3-5-17(24)14-16/h3-14H,2,15H2,1H3,(H,25,28)(H,26,27). The third-order valence-corrected chi connectivity index (χ3v) is 4.00. The zero-order valence-electron chi connectivity index (χ0n) is 16.4. The number of carbonyl (C=O) groups excluding carboxylic acids is 2. The van der Waals surface area contributed by atoms with E-state index in [0.717, 1.165) is 11.8 Å². The molecule has 6 nitrogen and oxygen atoms in total. The van der Waals surface area contributed by atoms with Crippen molar-refractivity contribution < 1.29 is 23.5 Å². The molecule has 0 saturated carbocycles. The van der Waals surface area contributed by atoms with Gasteiger partial charge in [0, 0.05) is 11.3 Å². The van der Waals surface area contributed by atoms with E-state index in [2.05, 4.69) is 10.6 Å². The van der Waals surface area contributed by atoms with E-state index < -0.39 is 17.6 Å². The van der Waals surface area contributed by atoms with Crippen molar-refractivity contribution in [2.45, 2.75) is 6.92 Å². The number of anilines is 1. The fraction of sp³-hybridized carbons (Fsp3) is 0.130. The Balaban J connectivity index is 1.48. The molecule has 2 amide bonds. The van der Waals surface area contributed by atoms with Crippen LogP contribution in [0.1, 0.15) is 17.3 Å². The van der Waals surface area contributed by atoms with Crippen LogP contribution in [0.5, 0.6) is 17.2 Å². The van der Waals surface area contributed by atoms with Gasteiger partial charge in [-0.1, -0.05) is 6.07 Å². The molecule has 0 fully saturated rings. The lowest BCUT2D eigenvalue weighted by Gasteiger charge is -2.09. The predicted molar refractivity (Wildman–Crippen MR) is 111 cm³/mol. The van der Waals surface area contributed by atoms with Gasteiger partial charge in [0.1, 0.15) is 23.1 Å². The minimum Gasteiger partial charge on any atom is -0.494 e. The molecule has 3 aromatic carbocycles. The maximum absolute atomic E-state index is 13.2. The highest BCUT2D eigenvalue weighted by molar-refractivity contribution is 5.99. The quantitative estimate of drug-likeness (QED) is 0.580. The average molecular weight is 408 g/mol. The summed E-state index contributed by atoms with van der Waals surface area (Å²) in [5, 5.41) is 5.12. The number of nitrogens with one attached hydrogen (secondary N) is 2. The molecule has 0 aliphatic carbocycles. The molecule has 0 atom stereocenters. The molecule has 3 rings (SSSR count). The molecule has 3 aromatic rings. The highest BCUT2D eigenvalue weighted by Gasteiger charge is 2.09. The second-order valence-electron chi connectivity index (χ2n) is 6.27. The molecule has 0 unspecified atom stereocenters. The first-order valence-electron chi connectivity index (χ1n) is 9.38.